The number of hydrogen-bond acceptors (Lipinski definition) is 3. The second-order valence-electron chi connectivity index (χ2n) is 4.81. The maximum absolute atomic E-state index is 12.0. The molecule has 4 nitrogen and oxygen atoms in total. The molecule has 0 fully saturated rings. The van der Waals surface area contributed by atoms with Crippen molar-refractivity contribution in [1.82, 2.24) is 5.32 Å². The van der Waals surface area contributed by atoms with Crippen LogP contribution in [0.3, 0.4) is 0 Å². The minimum Gasteiger partial charge on any atom is -0.425 e. The standard InChI is InChI=1S/C15H16ClNO3/c1-3-9(2)14-12(8-13(18)17-14)20-15(19)10-4-6-11(16)7-5-10/h4-9,14H,3H2,1-2H3,(H,17,18)/t9-,14-/m0/s1. The highest BCUT2D eigenvalue weighted by atomic mass is 35.5. The van der Waals surface area contributed by atoms with Gasteiger partial charge < -0.3 is 10.1 Å². The summed E-state index contributed by atoms with van der Waals surface area (Å²) < 4.78 is 5.34. The van der Waals surface area contributed by atoms with Crippen molar-refractivity contribution in [3.63, 3.8) is 0 Å². The highest BCUT2D eigenvalue weighted by molar-refractivity contribution is 6.30. The van der Waals surface area contributed by atoms with E-state index < -0.39 is 5.97 Å². The molecule has 2 rings (SSSR count). The third kappa shape index (κ3) is 3.20. The fraction of sp³-hybridized carbons (Fsp3) is 0.333. The Kier molecular flexibility index (Phi) is 4.45. The van der Waals surface area contributed by atoms with Gasteiger partial charge in [-0.3, -0.25) is 4.79 Å². The Morgan fingerprint density at radius 3 is 2.65 bits per heavy atom. The quantitative estimate of drug-likeness (QED) is 0.869. The molecule has 0 radical (unpaired) electrons. The second-order valence-corrected chi connectivity index (χ2v) is 5.25. The first-order valence-electron chi connectivity index (χ1n) is 6.51. The van der Waals surface area contributed by atoms with Gasteiger partial charge in [0.05, 0.1) is 11.6 Å². The molecule has 0 bridgehead atoms. The van der Waals surface area contributed by atoms with Gasteiger partial charge in [0.25, 0.3) is 0 Å². The number of benzene rings is 1. The molecule has 1 aliphatic heterocycles. The number of halogens is 1. The Balaban J connectivity index is 2.11. The van der Waals surface area contributed by atoms with Crippen LogP contribution in [-0.4, -0.2) is 17.9 Å². The van der Waals surface area contributed by atoms with Crippen LogP contribution in [0.5, 0.6) is 0 Å². The number of carbonyl (C=O) groups excluding carboxylic acids is 2. The Morgan fingerprint density at radius 1 is 1.40 bits per heavy atom. The number of rotatable bonds is 4. The molecule has 2 atom stereocenters. The van der Waals surface area contributed by atoms with Crippen molar-refractivity contribution in [2.75, 3.05) is 0 Å². The summed E-state index contributed by atoms with van der Waals surface area (Å²) in [7, 11) is 0. The lowest BCUT2D eigenvalue weighted by molar-refractivity contribution is -0.116. The van der Waals surface area contributed by atoms with Gasteiger partial charge >= 0.3 is 5.97 Å². The highest BCUT2D eigenvalue weighted by Crippen LogP contribution is 2.22. The molecule has 0 aliphatic carbocycles. The molecule has 1 heterocycles. The summed E-state index contributed by atoms with van der Waals surface area (Å²) in [6.07, 6.45) is 2.21. The topological polar surface area (TPSA) is 55.4 Å². The van der Waals surface area contributed by atoms with Crippen molar-refractivity contribution in [3.05, 3.63) is 46.7 Å². The van der Waals surface area contributed by atoms with E-state index in [-0.39, 0.29) is 17.9 Å². The first-order valence-corrected chi connectivity index (χ1v) is 6.89. The van der Waals surface area contributed by atoms with E-state index in [2.05, 4.69) is 5.32 Å². The van der Waals surface area contributed by atoms with Crippen molar-refractivity contribution < 1.29 is 14.3 Å². The minimum absolute atomic E-state index is 0.200. The van der Waals surface area contributed by atoms with Gasteiger partial charge in [-0.05, 0) is 30.2 Å². The Hall–Kier alpha value is -1.81. The van der Waals surface area contributed by atoms with Crippen molar-refractivity contribution in [2.45, 2.75) is 26.3 Å². The predicted octanol–water partition coefficient (Wildman–Crippen LogP) is 2.93. The maximum Gasteiger partial charge on any atom is 0.343 e. The van der Waals surface area contributed by atoms with E-state index in [1.54, 1.807) is 24.3 Å². The number of carbonyl (C=O) groups is 2. The van der Waals surface area contributed by atoms with E-state index in [1.807, 2.05) is 13.8 Å². The molecule has 0 aromatic heterocycles. The number of nitrogens with one attached hydrogen (secondary N) is 1. The van der Waals surface area contributed by atoms with E-state index in [0.717, 1.165) is 6.42 Å². The van der Waals surface area contributed by atoms with Gasteiger partial charge in [0.2, 0.25) is 5.91 Å². The number of amides is 1. The van der Waals surface area contributed by atoms with E-state index >= 15 is 0 Å². The Bertz CT molecular complexity index is 551. The molecule has 1 N–H and O–H groups in total. The van der Waals surface area contributed by atoms with E-state index in [1.165, 1.54) is 6.08 Å². The van der Waals surface area contributed by atoms with E-state index in [9.17, 15) is 9.59 Å². The molecule has 0 saturated heterocycles. The van der Waals surface area contributed by atoms with Crippen LogP contribution < -0.4 is 5.32 Å². The van der Waals surface area contributed by atoms with Crippen molar-refractivity contribution in [2.24, 2.45) is 5.92 Å². The second kappa shape index (κ2) is 6.09. The predicted molar refractivity (Wildman–Crippen MR) is 76.3 cm³/mol. The Labute approximate surface area is 122 Å². The van der Waals surface area contributed by atoms with Gasteiger partial charge in [0.1, 0.15) is 5.76 Å². The summed E-state index contributed by atoms with van der Waals surface area (Å²) in [6, 6.07) is 6.18. The van der Waals surface area contributed by atoms with Crippen molar-refractivity contribution >= 4 is 23.5 Å². The molecule has 1 amide bonds. The molecule has 1 aromatic rings. The van der Waals surface area contributed by atoms with Crippen LogP contribution in [0.2, 0.25) is 5.02 Å². The first-order chi connectivity index (χ1) is 9.51. The fourth-order valence-corrected chi connectivity index (χ4v) is 2.11. The average molecular weight is 294 g/mol. The fourth-order valence-electron chi connectivity index (χ4n) is 1.99. The molecule has 1 aliphatic rings. The van der Waals surface area contributed by atoms with Crippen LogP contribution in [0, 0.1) is 5.92 Å². The Morgan fingerprint density at radius 2 is 2.05 bits per heavy atom. The molecule has 106 valence electrons. The van der Waals surface area contributed by atoms with Gasteiger partial charge in [-0.2, -0.15) is 0 Å². The lowest BCUT2D eigenvalue weighted by Gasteiger charge is -2.20. The van der Waals surface area contributed by atoms with Crippen LogP contribution >= 0.6 is 11.6 Å². The van der Waals surface area contributed by atoms with Gasteiger partial charge in [-0.15, -0.1) is 0 Å². The number of hydrogen-bond donors (Lipinski definition) is 1. The summed E-state index contributed by atoms with van der Waals surface area (Å²) in [6.45, 7) is 4.02. The summed E-state index contributed by atoms with van der Waals surface area (Å²) in [5.74, 6) is -0.137. The van der Waals surface area contributed by atoms with Crippen LogP contribution in [-0.2, 0) is 9.53 Å². The maximum atomic E-state index is 12.0. The smallest absolute Gasteiger partial charge is 0.343 e. The monoisotopic (exact) mass is 293 g/mol. The zero-order chi connectivity index (χ0) is 14.7. The molecular formula is C15H16ClNO3. The lowest BCUT2D eigenvalue weighted by Crippen LogP contribution is -2.35. The molecule has 0 spiro atoms. The minimum atomic E-state index is -0.488. The first kappa shape index (κ1) is 14.6. The van der Waals surface area contributed by atoms with Gasteiger partial charge in [0.15, 0.2) is 0 Å². The normalized spacial score (nSPS) is 19.2. The SMILES string of the molecule is CC[C@H](C)[C@@H]1NC(=O)C=C1OC(=O)c1ccc(Cl)cc1. The van der Waals surface area contributed by atoms with Gasteiger partial charge in [0, 0.05) is 11.1 Å². The molecule has 0 unspecified atom stereocenters. The number of ether oxygens (including phenoxy) is 1. The summed E-state index contributed by atoms with van der Waals surface area (Å²) in [5.41, 5.74) is 0.401. The van der Waals surface area contributed by atoms with E-state index in [4.69, 9.17) is 16.3 Å². The van der Waals surface area contributed by atoms with Crippen LogP contribution in [0.4, 0.5) is 0 Å². The largest absolute Gasteiger partial charge is 0.425 e. The van der Waals surface area contributed by atoms with Gasteiger partial charge in [-0.1, -0.05) is 31.9 Å². The third-order valence-electron chi connectivity index (χ3n) is 3.38. The molecule has 20 heavy (non-hydrogen) atoms. The van der Waals surface area contributed by atoms with Crippen molar-refractivity contribution in [3.8, 4) is 0 Å². The van der Waals surface area contributed by atoms with Crippen molar-refractivity contribution in [1.29, 1.82) is 0 Å². The molecule has 1 aromatic carbocycles. The molecule has 5 heteroatoms. The third-order valence-corrected chi connectivity index (χ3v) is 3.63. The number of esters is 1. The zero-order valence-corrected chi connectivity index (χ0v) is 12.1. The molecular weight excluding hydrogens is 278 g/mol. The van der Waals surface area contributed by atoms with E-state index in [0.29, 0.717) is 16.3 Å². The van der Waals surface area contributed by atoms with Crippen LogP contribution in [0.15, 0.2) is 36.1 Å². The molecule has 0 saturated carbocycles. The van der Waals surface area contributed by atoms with Crippen LogP contribution in [0.1, 0.15) is 30.6 Å². The highest BCUT2D eigenvalue weighted by Gasteiger charge is 2.31. The zero-order valence-electron chi connectivity index (χ0n) is 11.4. The summed E-state index contributed by atoms with van der Waals surface area (Å²) in [4.78, 5) is 23.5. The average Bonchev–Trinajstić information content (AvgIpc) is 2.79. The summed E-state index contributed by atoms with van der Waals surface area (Å²) in [5, 5.41) is 3.34. The lowest BCUT2D eigenvalue weighted by atomic mass is 9.99. The summed E-state index contributed by atoms with van der Waals surface area (Å²) >= 11 is 5.77. The van der Waals surface area contributed by atoms with Crippen LogP contribution in [0.25, 0.3) is 0 Å². The van der Waals surface area contributed by atoms with Gasteiger partial charge in [-0.25, -0.2) is 4.79 Å².